The Morgan fingerprint density at radius 1 is 0.882 bits per heavy atom. The molecule has 2 aliphatic carbocycles. The van der Waals surface area contributed by atoms with Gasteiger partial charge in [-0.05, 0) is 37.2 Å². The van der Waals surface area contributed by atoms with Gasteiger partial charge in [-0.15, -0.1) is 0 Å². The van der Waals surface area contributed by atoms with Gasteiger partial charge in [0.15, 0.2) is 11.3 Å². The molecule has 3 N–H and O–H groups in total. The highest BCUT2D eigenvalue weighted by Gasteiger charge is 2.58. The Morgan fingerprint density at radius 2 is 1.59 bits per heavy atom. The van der Waals surface area contributed by atoms with E-state index >= 15 is 0 Å². The van der Waals surface area contributed by atoms with Gasteiger partial charge in [0.2, 0.25) is 0 Å². The molecule has 0 atom stereocenters. The zero-order valence-corrected chi connectivity index (χ0v) is 18.6. The molecule has 2 fully saturated rings. The molecule has 5 aromatic rings. The van der Waals surface area contributed by atoms with Gasteiger partial charge in [0.1, 0.15) is 5.52 Å². The zero-order valence-electron chi connectivity index (χ0n) is 18.6. The number of fused-ring (bicyclic) bond motifs is 3. The lowest BCUT2D eigenvalue weighted by Crippen LogP contribution is -2.60. The number of benzene rings is 2. The van der Waals surface area contributed by atoms with Gasteiger partial charge in [-0.1, -0.05) is 54.6 Å². The predicted molar refractivity (Wildman–Crippen MR) is 130 cm³/mol. The molecule has 7 nitrogen and oxygen atoms in total. The van der Waals surface area contributed by atoms with Crippen LogP contribution in [0.15, 0.2) is 73.1 Å². The summed E-state index contributed by atoms with van der Waals surface area (Å²) in [5.74, 6) is 0.429. The molecule has 34 heavy (non-hydrogen) atoms. The number of aromatic nitrogens is 5. The maximum Gasteiger partial charge on any atom is 0.184 e. The lowest BCUT2D eigenvalue weighted by molar-refractivity contribution is -0.106. The van der Waals surface area contributed by atoms with Gasteiger partial charge in [0.05, 0.1) is 29.4 Å². The fourth-order valence-corrected chi connectivity index (χ4v) is 5.48. The molecule has 0 amide bonds. The summed E-state index contributed by atoms with van der Waals surface area (Å²) in [6.45, 7) is 0. The number of aliphatic hydroxyl groups is 1. The first-order valence-electron chi connectivity index (χ1n) is 11.7. The molecule has 168 valence electrons. The largest absolute Gasteiger partial charge is 0.389 e. The summed E-state index contributed by atoms with van der Waals surface area (Å²) < 4.78 is 1.72. The topological polar surface area (TPSA) is 102 Å². The molecule has 2 saturated carbocycles. The lowest BCUT2D eigenvalue weighted by Gasteiger charge is -2.52. The van der Waals surface area contributed by atoms with Crippen LogP contribution in [0, 0.1) is 5.92 Å². The van der Waals surface area contributed by atoms with Gasteiger partial charge in [0, 0.05) is 22.7 Å². The molecule has 2 aliphatic rings. The van der Waals surface area contributed by atoms with Gasteiger partial charge < -0.3 is 10.8 Å². The maximum atomic E-state index is 10.8. The van der Waals surface area contributed by atoms with Crippen molar-refractivity contribution in [2.45, 2.75) is 36.8 Å². The average molecular weight is 449 g/mol. The molecule has 0 radical (unpaired) electrons. The van der Waals surface area contributed by atoms with Gasteiger partial charge in [-0.2, -0.15) is 9.61 Å². The van der Waals surface area contributed by atoms with Crippen LogP contribution in [0.2, 0.25) is 0 Å². The molecule has 2 aromatic carbocycles. The summed E-state index contributed by atoms with van der Waals surface area (Å²) in [6.07, 6.45) is 6.94. The highest BCUT2D eigenvalue weighted by atomic mass is 16.3. The standard InChI is InChI=1S/C27H24N6O/c28-26(15-27(34,16-26)20-10-11-20)19-8-6-18(7-9-19)24-23(17-4-2-1-3-5-17)31-21-14-29-22-12-13-30-33(22)25(21)32-24/h1-9,12-14,20,34H,10-11,15-16,28H2. The maximum absolute atomic E-state index is 10.8. The molecule has 3 aromatic heterocycles. The Bertz CT molecular complexity index is 1530. The second-order valence-corrected chi connectivity index (χ2v) is 9.82. The van der Waals surface area contributed by atoms with Crippen molar-refractivity contribution in [3.8, 4) is 22.5 Å². The van der Waals surface area contributed by atoms with Crippen LogP contribution in [-0.2, 0) is 5.54 Å². The Morgan fingerprint density at radius 3 is 2.32 bits per heavy atom. The second kappa shape index (κ2) is 6.91. The molecule has 7 rings (SSSR count). The van der Waals surface area contributed by atoms with Crippen molar-refractivity contribution in [1.82, 2.24) is 24.6 Å². The van der Waals surface area contributed by atoms with Crippen molar-refractivity contribution in [2.24, 2.45) is 11.7 Å². The van der Waals surface area contributed by atoms with Crippen LogP contribution in [-0.4, -0.2) is 35.3 Å². The first-order valence-corrected chi connectivity index (χ1v) is 11.7. The number of hydrogen-bond donors (Lipinski definition) is 2. The van der Waals surface area contributed by atoms with Crippen LogP contribution in [0.3, 0.4) is 0 Å². The monoisotopic (exact) mass is 448 g/mol. The normalized spacial score (nSPS) is 24.4. The van der Waals surface area contributed by atoms with E-state index in [2.05, 4.69) is 34.3 Å². The molecular formula is C27H24N6O. The van der Waals surface area contributed by atoms with Crippen LogP contribution in [0.1, 0.15) is 31.2 Å². The Labute approximate surface area is 196 Å². The number of hydrogen-bond acceptors (Lipinski definition) is 6. The van der Waals surface area contributed by atoms with E-state index in [4.69, 9.17) is 15.7 Å². The fraction of sp³-hybridized carbons (Fsp3) is 0.259. The molecule has 0 unspecified atom stereocenters. The van der Waals surface area contributed by atoms with Crippen molar-refractivity contribution >= 4 is 16.8 Å². The predicted octanol–water partition coefficient (Wildman–Crippen LogP) is 4.10. The van der Waals surface area contributed by atoms with E-state index in [-0.39, 0.29) is 0 Å². The molecule has 3 heterocycles. The van der Waals surface area contributed by atoms with Crippen LogP contribution in [0.4, 0.5) is 0 Å². The average Bonchev–Trinajstić information content (AvgIpc) is 3.60. The molecule has 0 bridgehead atoms. The smallest absolute Gasteiger partial charge is 0.184 e. The van der Waals surface area contributed by atoms with Crippen molar-refractivity contribution < 1.29 is 5.11 Å². The third kappa shape index (κ3) is 2.97. The molecule has 0 spiro atoms. The number of nitrogens with zero attached hydrogens (tertiary/aromatic N) is 5. The fourth-order valence-electron chi connectivity index (χ4n) is 5.48. The molecule has 7 heteroatoms. The van der Waals surface area contributed by atoms with E-state index in [1.165, 1.54) is 0 Å². The van der Waals surface area contributed by atoms with E-state index in [9.17, 15) is 5.11 Å². The first kappa shape index (κ1) is 19.8. The van der Waals surface area contributed by atoms with Gasteiger partial charge in [0.25, 0.3) is 0 Å². The number of rotatable bonds is 4. The summed E-state index contributed by atoms with van der Waals surface area (Å²) in [5.41, 5.74) is 12.3. The molecule has 0 saturated heterocycles. The molecular weight excluding hydrogens is 424 g/mol. The quantitative estimate of drug-likeness (QED) is 0.429. The van der Waals surface area contributed by atoms with E-state index in [0.717, 1.165) is 46.6 Å². The number of nitrogens with two attached hydrogens (primary N) is 1. The summed E-state index contributed by atoms with van der Waals surface area (Å²) in [4.78, 5) is 14.4. The van der Waals surface area contributed by atoms with Gasteiger partial charge in [-0.3, -0.25) is 0 Å². The van der Waals surface area contributed by atoms with Gasteiger partial charge in [-0.25, -0.2) is 15.0 Å². The summed E-state index contributed by atoms with van der Waals surface area (Å²) in [5, 5.41) is 15.2. The SMILES string of the molecule is NC1(c2ccc(-c3nc4c(cnc5ccnn54)nc3-c3ccccc3)cc2)CC(O)(C2CC2)C1. The first-order chi connectivity index (χ1) is 16.5. The zero-order chi connectivity index (χ0) is 22.9. The lowest BCUT2D eigenvalue weighted by atomic mass is 9.60. The third-order valence-electron chi connectivity index (χ3n) is 7.41. The summed E-state index contributed by atoms with van der Waals surface area (Å²) in [7, 11) is 0. The second-order valence-electron chi connectivity index (χ2n) is 9.82. The van der Waals surface area contributed by atoms with Crippen LogP contribution < -0.4 is 5.73 Å². The van der Waals surface area contributed by atoms with Crippen molar-refractivity contribution in [1.29, 1.82) is 0 Å². The van der Waals surface area contributed by atoms with E-state index in [1.54, 1.807) is 16.9 Å². The van der Waals surface area contributed by atoms with E-state index < -0.39 is 11.1 Å². The Balaban J connectivity index is 1.34. The highest BCUT2D eigenvalue weighted by Crippen LogP contribution is 2.57. The van der Waals surface area contributed by atoms with Crippen molar-refractivity contribution in [3.05, 3.63) is 78.6 Å². The van der Waals surface area contributed by atoms with Crippen molar-refractivity contribution in [2.75, 3.05) is 0 Å². The minimum Gasteiger partial charge on any atom is -0.389 e. The Hall–Kier alpha value is -3.68. The highest BCUT2D eigenvalue weighted by molar-refractivity contribution is 5.85. The minimum atomic E-state index is -0.582. The van der Waals surface area contributed by atoms with Crippen LogP contribution in [0.25, 0.3) is 39.3 Å². The van der Waals surface area contributed by atoms with Gasteiger partial charge >= 0.3 is 0 Å². The summed E-state index contributed by atoms with van der Waals surface area (Å²) in [6, 6.07) is 20.2. The summed E-state index contributed by atoms with van der Waals surface area (Å²) >= 11 is 0. The minimum absolute atomic E-state index is 0.429. The van der Waals surface area contributed by atoms with E-state index in [1.807, 2.05) is 36.4 Å². The third-order valence-corrected chi connectivity index (χ3v) is 7.41. The van der Waals surface area contributed by atoms with E-state index in [0.29, 0.717) is 29.9 Å². The Kier molecular flexibility index (Phi) is 4.02. The van der Waals surface area contributed by atoms with Crippen LogP contribution in [0.5, 0.6) is 0 Å². The van der Waals surface area contributed by atoms with Crippen molar-refractivity contribution in [3.63, 3.8) is 0 Å². The molecule has 0 aliphatic heterocycles. The van der Waals surface area contributed by atoms with Crippen LogP contribution >= 0.6 is 0 Å².